The summed E-state index contributed by atoms with van der Waals surface area (Å²) in [5.74, 6) is -1.06. The summed E-state index contributed by atoms with van der Waals surface area (Å²) in [5, 5.41) is 15.3. The van der Waals surface area contributed by atoms with Crippen molar-refractivity contribution in [3.63, 3.8) is 0 Å². The highest BCUT2D eigenvalue weighted by Crippen LogP contribution is 2.37. The molecule has 0 bridgehead atoms. The summed E-state index contributed by atoms with van der Waals surface area (Å²) >= 11 is 0. The number of carbonyl (C=O) groups is 1. The minimum absolute atomic E-state index is 0.128. The number of pyridine rings is 1. The van der Waals surface area contributed by atoms with Crippen LogP contribution in [-0.4, -0.2) is 27.8 Å². The van der Waals surface area contributed by atoms with E-state index in [1.807, 2.05) is 60.7 Å². The lowest BCUT2D eigenvalue weighted by Crippen LogP contribution is -2.09. The summed E-state index contributed by atoms with van der Waals surface area (Å²) in [6.07, 6.45) is 0.449. The molecule has 1 N–H and O–H groups in total. The highest BCUT2D eigenvalue weighted by Gasteiger charge is 2.26. The molecule has 0 aliphatic carbocycles. The van der Waals surface area contributed by atoms with Gasteiger partial charge in [-0.1, -0.05) is 65.8 Å². The van der Waals surface area contributed by atoms with E-state index in [4.69, 9.17) is 9.26 Å². The van der Waals surface area contributed by atoms with Crippen molar-refractivity contribution >= 4 is 16.9 Å². The van der Waals surface area contributed by atoms with Crippen LogP contribution in [0.15, 0.2) is 65.2 Å². The molecule has 0 aliphatic heterocycles. The van der Waals surface area contributed by atoms with Crippen molar-refractivity contribution < 1.29 is 19.2 Å². The maximum Gasteiger partial charge on any atom is 0.360 e. The van der Waals surface area contributed by atoms with E-state index in [0.29, 0.717) is 23.2 Å². The highest BCUT2D eigenvalue weighted by molar-refractivity contribution is 6.02. The number of aromatic hydroxyl groups is 1. The first kappa shape index (κ1) is 17.7. The van der Waals surface area contributed by atoms with Crippen LogP contribution in [0.5, 0.6) is 5.75 Å². The van der Waals surface area contributed by atoms with Gasteiger partial charge in [-0.2, -0.15) is 0 Å². The molecule has 0 spiro atoms. The molecule has 0 aliphatic rings. The number of carbonyl (C=O) groups excluding carboxylic acids is 1. The third kappa shape index (κ3) is 3.20. The first-order chi connectivity index (χ1) is 13.7. The smallest absolute Gasteiger partial charge is 0.360 e. The molecule has 2 aromatic carbocycles. The van der Waals surface area contributed by atoms with Gasteiger partial charge in [0, 0.05) is 12.0 Å². The van der Waals surface area contributed by atoms with E-state index >= 15 is 0 Å². The van der Waals surface area contributed by atoms with Gasteiger partial charge in [0.2, 0.25) is 5.58 Å². The average Bonchev–Trinajstić information content (AvgIpc) is 3.18. The van der Waals surface area contributed by atoms with Crippen molar-refractivity contribution in [3.8, 4) is 17.0 Å². The zero-order valence-electron chi connectivity index (χ0n) is 15.3. The largest absolute Gasteiger partial charge is 0.502 e. The number of hydrogen-bond acceptors (Lipinski definition) is 6. The number of hydrogen-bond donors (Lipinski definition) is 1. The number of ether oxygens (including phenoxy) is 1. The molecule has 140 valence electrons. The van der Waals surface area contributed by atoms with E-state index in [-0.39, 0.29) is 23.6 Å². The Morgan fingerprint density at radius 3 is 2.43 bits per heavy atom. The molecule has 0 unspecified atom stereocenters. The number of aromatic nitrogens is 2. The van der Waals surface area contributed by atoms with Gasteiger partial charge in [0.15, 0.2) is 11.4 Å². The first-order valence-electron chi connectivity index (χ1n) is 8.96. The molecule has 2 aromatic heterocycles. The Balaban J connectivity index is 1.95. The van der Waals surface area contributed by atoms with Crippen LogP contribution in [0, 0.1) is 0 Å². The molecule has 6 nitrogen and oxygen atoms in total. The summed E-state index contributed by atoms with van der Waals surface area (Å²) in [4.78, 5) is 16.7. The van der Waals surface area contributed by atoms with Crippen LogP contribution >= 0.6 is 0 Å². The second-order valence-corrected chi connectivity index (χ2v) is 6.24. The zero-order valence-corrected chi connectivity index (χ0v) is 15.3. The molecule has 4 aromatic rings. The van der Waals surface area contributed by atoms with E-state index in [9.17, 15) is 9.90 Å². The quantitative estimate of drug-likeness (QED) is 0.522. The third-order valence-corrected chi connectivity index (χ3v) is 4.40. The first-order valence-corrected chi connectivity index (χ1v) is 8.96. The lowest BCUT2D eigenvalue weighted by atomic mass is 10.0. The molecule has 0 saturated carbocycles. The molecule has 0 radical (unpaired) electrons. The van der Waals surface area contributed by atoms with Gasteiger partial charge in [-0.25, -0.2) is 9.78 Å². The Morgan fingerprint density at radius 1 is 1.07 bits per heavy atom. The molecule has 0 saturated heterocycles. The fourth-order valence-electron chi connectivity index (χ4n) is 3.12. The van der Waals surface area contributed by atoms with Gasteiger partial charge in [0.25, 0.3) is 0 Å². The van der Waals surface area contributed by atoms with Gasteiger partial charge in [0.05, 0.1) is 17.7 Å². The topological polar surface area (TPSA) is 85.5 Å². The summed E-state index contributed by atoms with van der Waals surface area (Å²) in [6.45, 7) is 1.87. The number of benzene rings is 2. The molecule has 0 atom stereocenters. The number of fused-ring (bicyclic) bond motifs is 1. The normalized spacial score (nSPS) is 10.9. The number of rotatable bonds is 5. The lowest BCUT2D eigenvalue weighted by molar-refractivity contribution is 0.0515. The second kappa shape index (κ2) is 7.52. The van der Waals surface area contributed by atoms with Crippen molar-refractivity contribution in [2.75, 3.05) is 6.61 Å². The summed E-state index contributed by atoms with van der Waals surface area (Å²) in [7, 11) is 0. The van der Waals surface area contributed by atoms with Gasteiger partial charge in [0.1, 0.15) is 5.69 Å². The van der Waals surface area contributed by atoms with Crippen LogP contribution in [0.2, 0.25) is 0 Å². The summed E-state index contributed by atoms with van der Waals surface area (Å²) in [5.41, 5.74) is 2.96. The molecular formula is C22H18N2O4. The Morgan fingerprint density at radius 2 is 1.75 bits per heavy atom. The van der Waals surface area contributed by atoms with Crippen molar-refractivity contribution in [1.29, 1.82) is 0 Å². The van der Waals surface area contributed by atoms with Crippen LogP contribution in [-0.2, 0) is 11.2 Å². The van der Waals surface area contributed by atoms with Gasteiger partial charge >= 0.3 is 5.97 Å². The van der Waals surface area contributed by atoms with E-state index in [1.54, 1.807) is 6.92 Å². The van der Waals surface area contributed by atoms with Crippen molar-refractivity contribution in [1.82, 2.24) is 10.1 Å². The maximum atomic E-state index is 12.3. The van der Waals surface area contributed by atoms with Crippen LogP contribution in [0.25, 0.3) is 22.2 Å². The average molecular weight is 374 g/mol. The Labute approximate surface area is 161 Å². The van der Waals surface area contributed by atoms with Gasteiger partial charge < -0.3 is 14.4 Å². The van der Waals surface area contributed by atoms with E-state index in [2.05, 4.69) is 10.1 Å². The van der Waals surface area contributed by atoms with Gasteiger partial charge in [-0.15, -0.1) is 0 Å². The lowest BCUT2D eigenvalue weighted by Gasteiger charge is -2.09. The molecular weight excluding hydrogens is 356 g/mol. The van der Waals surface area contributed by atoms with Crippen molar-refractivity contribution in [2.45, 2.75) is 13.3 Å². The number of esters is 1. The SMILES string of the molecule is CCOC(=O)c1nc(Cc2ccccc2)c2c(-c3ccccc3)noc2c1O. The van der Waals surface area contributed by atoms with E-state index < -0.39 is 5.97 Å². The molecule has 28 heavy (non-hydrogen) atoms. The van der Waals surface area contributed by atoms with Gasteiger partial charge in [-0.05, 0) is 12.5 Å². The van der Waals surface area contributed by atoms with E-state index in [0.717, 1.165) is 11.1 Å². The maximum absolute atomic E-state index is 12.3. The van der Waals surface area contributed by atoms with Gasteiger partial charge in [-0.3, -0.25) is 0 Å². The van der Waals surface area contributed by atoms with Crippen LogP contribution in [0.3, 0.4) is 0 Å². The molecule has 0 amide bonds. The Hall–Kier alpha value is -3.67. The van der Waals surface area contributed by atoms with Crippen LogP contribution in [0.4, 0.5) is 0 Å². The molecule has 6 heteroatoms. The molecule has 4 rings (SSSR count). The summed E-state index contributed by atoms with van der Waals surface area (Å²) in [6, 6.07) is 19.3. The molecule has 0 fully saturated rings. The standard InChI is InChI=1S/C22H18N2O4/c1-2-27-22(26)19-20(25)21-17(16(23-19)13-14-9-5-3-6-10-14)18(24-28-21)15-11-7-4-8-12-15/h3-12,25H,2,13H2,1H3. The zero-order chi connectivity index (χ0) is 19.5. The van der Waals surface area contributed by atoms with Crippen LogP contribution in [0.1, 0.15) is 28.7 Å². The second-order valence-electron chi connectivity index (χ2n) is 6.24. The predicted octanol–water partition coefficient (Wildman–Crippen LogP) is 4.36. The fraction of sp³-hybridized carbons (Fsp3) is 0.136. The van der Waals surface area contributed by atoms with Crippen molar-refractivity contribution in [3.05, 3.63) is 77.6 Å². The summed E-state index contributed by atoms with van der Waals surface area (Å²) < 4.78 is 10.5. The minimum atomic E-state index is -0.700. The fourth-order valence-corrected chi connectivity index (χ4v) is 3.12. The Kier molecular flexibility index (Phi) is 4.76. The predicted molar refractivity (Wildman–Crippen MR) is 104 cm³/mol. The molecule has 2 heterocycles. The third-order valence-electron chi connectivity index (χ3n) is 4.40. The minimum Gasteiger partial charge on any atom is -0.502 e. The monoisotopic (exact) mass is 374 g/mol. The van der Waals surface area contributed by atoms with E-state index in [1.165, 1.54) is 0 Å². The van der Waals surface area contributed by atoms with Crippen LogP contribution < -0.4 is 0 Å². The number of nitrogens with zero attached hydrogens (tertiary/aromatic N) is 2. The Bertz CT molecular complexity index is 1120. The van der Waals surface area contributed by atoms with Crippen molar-refractivity contribution in [2.24, 2.45) is 0 Å². The highest BCUT2D eigenvalue weighted by atomic mass is 16.5.